The number of esters is 1. The van der Waals surface area contributed by atoms with Gasteiger partial charge in [0, 0.05) is 13.1 Å². The number of hydrogen-bond acceptors (Lipinski definition) is 4. The zero-order valence-corrected chi connectivity index (χ0v) is 13.7. The molecule has 136 valence electrons. The van der Waals surface area contributed by atoms with E-state index in [1.807, 2.05) is 4.90 Å². The van der Waals surface area contributed by atoms with Crippen LogP contribution in [0.3, 0.4) is 0 Å². The van der Waals surface area contributed by atoms with Gasteiger partial charge in [-0.1, -0.05) is 6.42 Å². The second-order valence-electron chi connectivity index (χ2n) is 7.05. The average Bonchev–Trinajstić information content (AvgIpc) is 3.07. The molecule has 0 aromatic heterocycles. The second-order valence-corrected chi connectivity index (χ2v) is 7.05. The predicted octanol–water partition coefficient (Wildman–Crippen LogP) is 1.81. The first-order valence-electron chi connectivity index (χ1n) is 8.51. The first-order chi connectivity index (χ1) is 11.3. The van der Waals surface area contributed by atoms with E-state index < -0.39 is 30.7 Å². The number of fused-ring (bicyclic) bond motifs is 1. The van der Waals surface area contributed by atoms with Crippen LogP contribution in [-0.4, -0.2) is 66.7 Å². The summed E-state index contributed by atoms with van der Waals surface area (Å²) in [5.74, 6) is -0.388. The number of rotatable bonds is 3. The number of carbonyl (C=O) groups is 2. The third-order valence-corrected chi connectivity index (χ3v) is 5.64. The molecule has 24 heavy (non-hydrogen) atoms. The molecule has 0 aromatic rings. The van der Waals surface area contributed by atoms with Gasteiger partial charge < -0.3 is 9.64 Å². The molecule has 2 heterocycles. The summed E-state index contributed by atoms with van der Waals surface area (Å²) >= 11 is 0. The summed E-state index contributed by atoms with van der Waals surface area (Å²) in [6, 6.07) is -1.14. The molecule has 4 atom stereocenters. The number of methoxy groups -OCH3 is 1. The van der Waals surface area contributed by atoms with Crippen LogP contribution in [-0.2, 0) is 14.3 Å². The van der Waals surface area contributed by atoms with Gasteiger partial charge in [0.05, 0.1) is 13.2 Å². The van der Waals surface area contributed by atoms with Crippen molar-refractivity contribution in [3.8, 4) is 0 Å². The van der Waals surface area contributed by atoms with Crippen molar-refractivity contribution in [2.24, 2.45) is 11.8 Å². The summed E-state index contributed by atoms with van der Waals surface area (Å²) in [6.45, 7) is -0.495. The molecule has 1 saturated carbocycles. The van der Waals surface area contributed by atoms with Gasteiger partial charge in [-0.15, -0.1) is 0 Å². The lowest BCUT2D eigenvalue weighted by Crippen LogP contribution is -2.57. The monoisotopic (exact) mass is 348 g/mol. The Labute approximate surface area is 139 Å². The molecule has 0 bridgehead atoms. The second kappa shape index (κ2) is 6.54. The minimum absolute atomic E-state index is 0.123. The number of alkyl halides is 3. The first kappa shape index (κ1) is 17.5. The highest BCUT2D eigenvalue weighted by molar-refractivity contribution is 5.84. The van der Waals surface area contributed by atoms with Crippen LogP contribution in [0.1, 0.15) is 32.1 Å². The molecule has 3 fully saturated rings. The summed E-state index contributed by atoms with van der Waals surface area (Å²) in [5, 5.41) is 0. The van der Waals surface area contributed by atoms with E-state index >= 15 is 0 Å². The van der Waals surface area contributed by atoms with E-state index in [9.17, 15) is 22.8 Å². The highest BCUT2D eigenvalue weighted by Gasteiger charge is 2.52. The number of carbonyl (C=O) groups excluding carboxylic acids is 2. The molecule has 0 N–H and O–H groups in total. The third kappa shape index (κ3) is 3.25. The van der Waals surface area contributed by atoms with Crippen LogP contribution < -0.4 is 0 Å². The van der Waals surface area contributed by atoms with Crippen molar-refractivity contribution in [1.82, 2.24) is 9.80 Å². The van der Waals surface area contributed by atoms with E-state index in [0.717, 1.165) is 24.2 Å². The maximum Gasteiger partial charge on any atom is 0.406 e. The topological polar surface area (TPSA) is 49.9 Å². The Kier molecular flexibility index (Phi) is 4.77. The Balaban J connectivity index is 1.78. The lowest BCUT2D eigenvalue weighted by atomic mass is 9.93. The predicted molar refractivity (Wildman–Crippen MR) is 79.0 cm³/mol. The third-order valence-electron chi connectivity index (χ3n) is 5.64. The standard InChI is InChI=1S/C16H23F3N2O3/c1-24-15(23)13-11-5-2-4-10(11)8-21(13)12-6-3-7-20(14(12)22)9-16(17,18)19/h10-13H,2-9H2,1H3/t10-,11+,12-,13-/m0/s1. The zero-order valence-electron chi connectivity index (χ0n) is 13.7. The maximum atomic E-state index is 12.7. The minimum Gasteiger partial charge on any atom is -0.468 e. The van der Waals surface area contributed by atoms with Crippen molar-refractivity contribution < 1.29 is 27.5 Å². The van der Waals surface area contributed by atoms with E-state index in [4.69, 9.17) is 4.74 Å². The molecule has 3 rings (SSSR count). The van der Waals surface area contributed by atoms with Crippen molar-refractivity contribution in [3.05, 3.63) is 0 Å². The fraction of sp³-hybridized carbons (Fsp3) is 0.875. The lowest BCUT2D eigenvalue weighted by Gasteiger charge is -2.39. The average molecular weight is 348 g/mol. The molecule has 0 aromatic carbocycles. The molecular weight excluding hydrogens is 325 g/mol. The normalized spacial score (nSPS) is 34.5. The number of halogens is 3. The van der Waals surface area contributed by atoms with Crippen molar-refractivity contribution in [2.75, 3.05) is 26.7 Å². The Morgan fingerprint density at radius 2 is 2.00 bits per heavy atom. The number of likely N-dealkylation sites (tertiary alicyclic amines) is 2. The molecule has 2 saturated heterocycles. The van der Waals surface area contributed by atoms with Gasteiger partial charge in [-0.3, -0.25) is 14.5 Å². The zero-order chi connectivity index (χ0) is 17.5. The van der Waals surface area contributed by atoms with E-state index in [1.165, 1.54) is 7.11 Å². The van der Waals surface area contributed by atoms with Crippen LogP contribution >= 0.6 is 0 Å². The molecule has 0 unspecified atom stereocenters. The van der Waals surface area contributed by atoms with Gasteiger partial charge >= 0.3 is 12.1 Å². The van der Waals surface area contributed by atoms with E-state index in [2.05, 4.69) is 0 Å². The molecule has 2 aliphatic heterocycles. The number of amides is 1. The van der Waals surface area contributed by atoms with Gasteiger partial charge in [-0.25, -0.2) is 0 Å². The molecule has 1 aliphatic carbocycles. The molecule has 3 aliphatic rings. The highest BCUT2D eigenvalue weighted by Crippen LogP contribution is 2.44. The fourth-order valence-corrected chi connectivity index (χ4v) is 4.69. The summed E-state index contributed by atoms with van der Waals surface area (Å²) < 4.78 is 43.0. The van der Waals surface area contributed by atoms with Gasteiger partial charge in [0.15, 0.2) is 0 Å². The Bertz CT molecular complexity index is 511. The van der Waals surface area contributed by atoms with E-state index in [0.29, 0.717) is 25.3 Å². The molecule has 0 spiro atoms. The quantitative estimate of drug-likeness (QED) is 0.730. The van der Waals surface area contributed by atoms with Gasteiger partial charge in [-0.2, -0.15) is 13.2 Å². The van der Waals surface area contributed by atoms with Gasteiger partial charge in [0.1, 0.15) is 12.6 Å². The number of piperidine rings is 1. The van der Waals surface area contributed by atoms with E-state index in [-0.39, 0.29) is 18.4 Å². The largest absolute Gasteiger partial charge is 0.468 e. The van der Waals surface area contributed by atoms with Crippen LogP contribution in [0.5, 0.6) is 0 Å². The van der Waals surface area contributed by atoms with Crippen LogP contribution in [0.4, 0.5) is 13.2 Å². The summed E-state index contributed by atoms with van der Waals surface area (Å²) in [6.07, 6.45) is -0.418. The number of ether oxygens (including phenoxy) is 1. The van der Waals surface area contributed by atoms with Crippen LogP contribution in [0, 0.1) is 11.8 Å². The van der Waals surface area contributed by atoms with Crippen molar-refractivity contribution >= 4 is 11.9 Å². The molecule has 0 radical (unpaired) electrons. The number of nitrogens with zero attached hydrogens (tertiary/aromatic N) is 2. The number of hydrogen-bond donors (Lipinski definition) is 0. The van der Waals surface area contributed by atoms with Gasteiger partial charge in [0.2, 0.25) is 5.91 Å². The van der Waals surface area contributed by atoms with Crippen LogP contribution in [0.2, 0.25) is 0 Å². The Morgan fingerprint density at radius 1 is 1.25 bits per heavy atom. The first-order valence-corrected chi connectivity index (χ1v) is 8.51. The van der Waals surface area contributed by atoms with E-state index in [1.54, 1.807) is 0 Å². The van der Waals surface area contributed by atoms with Crippen molar-refractivity contribution in [3.63, 3.8) is 0 Å². The van der Waals surface area contributed by atoms with Crippen molar-refractivity contribution in [1.29, 1.82) is 0 Å². The molecular formula is C16H23F3N2O3. The van der Waals surface area contributed by atoms with Crippen molar-refractivity contribution in [2.45, 2.75) is 50.4 Å². The highest BCUT2D eigenvalue weighted by atomic mass is 19.4. The SMILES string of the molecule is COC(=O)[C@@H]1[C@@H]2CCC[C@H]2CN1[C@H]1CCCN(CC(F)(F)F)C1=O. The van der Waals surface area contributed by atoms with Gasteiger partial charge in [0.25, 0.3) is 0 Å². The van der Waals surface area contributed by atoms with Crippen LogP contribution in [0.15, 0.2) is 0 Å². The smallest absolute Gasteiger partial charge is 0.406 e. The summed E-state index contributed by atoms with van der Waals surface area (Å²) in [7, 11) is 1.32. The van der Waals surface area contributed by atoms with Gasteiger partial charge in [-0.05, 0) is 37.5 Å². The lowest BCUT2D eigenvalue weighted by molar-refractivity contribution is -0.169. The minimum atomic E-state index is -4.40. The van der Waals surface area contributed by atoms with Crippen LogP contribution in [0.25, 0.3) is 0 Å². The summed E-state index contributed by atoms with van der Waals surface area (Å²) in [5.41, 5.74) is 0. The molecule has 1 amide bonds. The molecule has 8 heteroatoms. The maximum absolute atomic E-state index is 12.7. The Hall–Kier alpha value is -1.31. The molecule has 5 nitrogen and oxygen atoms in total. The fourth-order valence-electron chi connectivity index (χ4n) is 4.69. The summed E-state index contributed by atoms with van der Waals surface area (Å²) in [4.78, 5) is 27.6. The Morgan fingerprint density at radius 3 is 2.67 bits per heavy atom.